The number of nitrogens with one attached hydrogen (secondary N) is 1. The van der Waals surface area contributed by atoms with E-state index in [1.807, 2.05) is 13.8 Å². The molecule has 0 aromatic heterocycles. The van der Waals surface area contributed by atoms with Crippen LogP contribution in [0.5, 0.6) is 5.75 Å². The molecule has 1 rings (SSSR count). The minimum Gasteiger partial charge on any atom is -0.491 e. The van der Waals surface area contributed by atoms with Gasteiger partial charge in [0, 0.05) is 6.54 Å². The van der Waals surface area contributed by atoms with Crippen molar-refractivity contribution in [2.75, 3.05) is 13.6 Å². The molecule has 0 saturated carbocycles. The van der Waals surface area contributed by atoms with E-state index in [4.69, 9.17) is 4.74 Å². The fourth-order valence-electron chi connectivity index (χ4n) is 1.32. The number of benzene rings is 1. The summed E-state index contributed by atoms with van der Waals surface area (Å²) in [6, 6.07) is 7.13. The molecule has 0 saturated heterocycles. The van der Waals surface area contributed by atoms with Gasteiger partial charge in [0.05, 0.1) is 6.10 Å². The van der Waals surface area contributed by atoms with E-state index in [1.165, 1.54) is 0 Å². The standard InChI is InChI=1S/C12H18FNO/c1-9(2)15-11-6-4-10(5-7-11)12(13)8-14-3/h4-7,9,12,14H,8H2,1-3H3. The van der Waals surface area contributed by atoms with Gasteiger partial charge in [-0.2, -0.15) is 0 Å². The number of hydrogen-bond acceptors (Lipinski definition) is 2. The summed E-state index contributed by atoms with van der Waals surface area (Å²) < 4.78 is 18.9. The highest BCUT2D eigenvalue weighted by molar-refractivity contribution is 5.28. The van der Waals surface area contributed by atoms with E-state index >= 15 is 0 Å². The van der Waals surface area contributed by atoms with Crippen molar-refractivity contribution in [1.29, 1.82) is 0 Å². The SMILES string of the molecule is CNCC(F)c1ccc(OC(C)C)cc1. The predicted octanol–water partition coefficient (Wildman–Crippen LogP) is 2.70. The van der Waals surface area contributed by atoms with Gasteiger partial charge >= 0.3 is 0 Å². The molecule has 0 amide bonds. The molecule has 0 heterocycles. The second-order valence-corrected chi connectivity index (χ2v) is 3.76. The lowest BCUT2D eigenvalue weighted by Crippen LogP contribution is -2.13. The lowest BCUT2D eigenvalue weighted by molar-refractivity contribution is 0.242. The average Bonchev–Trinajstić information content (AvgIpc) is 2.18. The fourth-order valence-corrected chi connectivity index (χ4v) is 1.32. The van der Waals surface area contributed by atoms with Crippen LogP contribution in [0.15, 0.2) is 24.3 Å². The zero-order valence-electron chi connectivity index (χ0n) is 9.46. The fraction of sp³-hybridized carbons (Fsp3) is 0.500. The van der Waals surface area contributed by atoms with E-state index in [1.54, 1.807) is 31.3 Å². The Hall–Kier alpha value is -1.09. The first-order chi connectivity index (χ1) is 7.13. The summed E-state index contributed by atoms with van der Waals surface area (Å²) in [5.74, 6) is 0.783. The number of hydrogen-bond donors (Lipinski definition) is 1. The number of alkyl halides is 1. The molecule has 1 aromatic rings. The molecule has 0 aliphatic rings. The zero-order chi connectivity index (χ0) is 11.3. The maximum Gasteiger partial charge on any atom is 0.137 e. The molecule has 1 atom stereocenters. The van der Waals surface area contributed by atoms with Crippen molar-refractivity contribution >= 4 is 0 Å². The molecule has 1 aromatic carbocycles. The van der Waals surface area contributed by atoms with E-state index < -0.39 is 6.17 Å². The summed E-state index contributed by atoms with van der Waals surface area (Å²) in [7, 11) is 1.74. The molecule has 0 aliphatic carbocycles. The minimum atomic E-state index is -0.955. The molecule has 0 bridgehead atoms. The third-order valence-corrected chi connectivity index (χ3v) is 2.00. The van der Waals surface area contributed by atoms with Gasteiger partial charge in [-0.1, -0.05) is 12.1 Å². The first-order valence-corrected chi connectivity index (χ1v) is 5.18. The Kier molecular flexibility index (Phi) is 4.56. The van der Waals surface area contributed by atoms with Gasteiger partial charge in [0.15, 0.2) is 0 Å². The van der Waals surface area contributed by atoms with Crippen molar-refractivity contribution in [2.24, 2.45) is 0 Å². The van der Waals surface area contributed by atoms with Crippen LogP contribution in [-0.2, 0) is 0 Å². The lowest BCUT2D eigenvalue weighted by atomic mass is 10.1. The van der Waals surface area contributed by atoms with Gasteiger partial charge in [-0.3, -0.25) is 0 Å². The maximum absolute atomic E-state index is 13.4. The molecule has 1 unspecified atom stereocenters. The van der Waals surface area contributed by atoms with Crippen LogP contribution in [0.3, 0.4) is 0 Å². The Labute approximate surface area is 90.4 Å². The van der Waals surface area contributed by atoms with Gasteiger partial charge in [-0.15, -0.1) is 0 Å². The Morgan fingerprint density at radius 1 is 1.27 bits per heavy atom. The van der Waals surface area contributed by atoms with Gasteiger partial charge in [-0.25, -0.2) is 4.39 Å². The lowest BCUT2D eigenvalue weighted by Gasteiger charge is -2.11. The zero-order valence-corrected chi connectivity index (χ0v) is 9.46. The topological polar surface area (TPSA) is 21.3 Å². The molecule has 2 nitrogen and oxygen atoms in total. The Balaban J connectivity index is 2.63. The largest absolute Gasteiger partial charge is 0.491 e. The number of likely N-dealkylation sites (N-methyl/N-ethyl adjacent to an activating group) is 1. The summed E-state index contributed by atoms with van der Waals surface area (Å²) in [5, 5.41) is 2.81. The second kappa shape index (κ2) is 5.71. The molecule has 1 N–H and O–H groups in total. The van der Waals surface area contributed by atoms with Crippen LogP contribution in [0, 0.1) is 0 Å². The van der Waals surface area contributed by atoms with Crippen molar-refractivity contribution in [3.05, 3.63) is 29.8 Å². The van der Waals surface area contributed by atoms with Crippen LogP contribution in [0.2, 0.25) is 0 Å². The molecular formula is C12H18FNO. The Bertz CT molecular complexity index is 284. The quantitative estimate of drug-likeness (QED) is 0.808. The number of halogens is 1. The van der Waals surface area contributed by atoms with Crippen molar-refractivity contribution < 1.29 is 9.13 Å². The molecule has 0 radical (unpaired) electrons. The smallest absolute Gasteiger partial charge is 0.137 e. The van der Waals surface area contributed by atoms with E-state index in [2.05, 4.69) is 5.32 Å². The van der Waals surface area contributed by atoms with E-state index in [0.29, 0.717) is 12.1 Å². The molecule has 0 aliphatic heterocycles. The van der Waals surface area contributed by atoms with E-state index in [0.717, 1.165) is 5.75 Å². The number of ether oxygens (including phenoxy) is 1. The third-order valence-electron chi connectivity index (χ3n) is 2.00. The molecule has 0 fully saturated rings. The summed E-state index contributed by atoms with van der Waals surface area (Å²) in [4.78, 5) is 0. The molecule has 3 heteroatoms. The normalized spacial score (nSPS) is 12.9. The summed E-state index contributed by atoms with van der Waals surface area (Å²) >= 11 is 0. The monoisotopic (exact) mass is 211 g/mol. The van der Waals surface area contributed by atoms with Crippen LogP contribution >= 0.6 is 0 Å². The third kappa shape index (κ3) is 3.88. The molecular weight excluding hydrogens is 193 g/mol. The van der Waals surface area contributed by atoms with Crippen molar-refractivity contribution in [2.45, 2.75) is 26.1 Å². The number of rotatable bonds is 5. The highest BCUT2D eigenvalue weighted by atomic mass is 19.1. The highest BCUT2D eigenvalue weighted by Gasteiger charge is 2.08. The molecule has 0 spiro atoms. The maximum atomic E-state index is 13.4. The van der Waals surface area contributed by atoms with Crippen LogP contribution in [-0.4, -0.2) is 19.7 Å². The highest BCUT2D eigenvalue weighted by Crippen LogP contribution is 2.20. The predicted molar refractivity (Wildman–Crippen MR) is 60.0 cm³/mol. The Morgan fingerprint density at radius 3 is 2.33 bits per heavy atom. The van der Waals surface area contributed by atoms with Crippen molar-refractivity contribution in [3.8, 4) is 5.75 Å². The average molecular weight is 211 g/mol. The second-order valence-electron chi connectivity index (χ2n) is 3.76. The van der Waals surface area contributed by atoms with Crippen LogP contribution in [0.4, 0.5) is 4.39 Å². The van der Waals surface area contributed by atoms with Gasteiger partial charge in [0.1, 0.15) is 11.9 Å². The van der Waals surface area contributed by atoms with Crippen LogP contribution in [0.1, 0.15) is 25.6 Å². The minimum absolute atomic E-state index is 0.148. The van der Waals surface area contributed by atoms with E-state index in [9.17, 15) is 4.39 Å². The molecule has 84 valence electrons. The summed E-state index contributed by atoms with van der Waals surface area (Å²) in [5.41, 5.74) is 0.681. The van der Waals surface area contributed by atoms with E-state index in [-0.39, 0.29) is 6.10 Å². The van der Waals surface area contributed by atoms with Gasteiger partial charge in [0.25, 0.3) is 0 Å². The van der Waals surface area contributed by atoms with Crippen molar-refractivity contribution in [3.63, 3.8) is 0 Å². The molecule has 15 heavy (non-hydrogen) atoms. The summed E-state index contributed by atoms with van der Waals surface area (Å²) in [6.07, 6.45) is -0.808. The van der Waals surface area contributed by atoms with Gasteiger partial charge < -0.3 is 10.1 Å². The van der Waals surface area contributed by atoms with Crippen LogP contribution < -0.4 is 10.1 Å². The van der Waals surface area contributed by atoms with Gasteiger partial charge in [-0.05, 0) is 38.6 Å². The van der Waals surface area contributed by atoms with Gasteiger partial charge in [0.2, 0.25) is 0 Å². The first kappa shape index (κ1) is 12.0. The Morgan fingerprint density at radius 2 is 1.87 bits per heavy atom. The summed E-state index contributed by atoms with van der Waals surface area (Å²) in [6.45, 7) is 4.27. The first-order valence-electron chi connectivity index (χ1n) is 5.18. The van der Waals surface area contributed by atoms with Crippen molar-refractivity contribution in [1.82, 2.24) is 5.32 Å². The van der Waals surface area contributed by atoms with Crippen LogP contribution in [0.25, 0.3) is 0 Å².